The predicted molar refractivity (Wildman–Crippen MR) is 126 cm³/mol. The smallest absolute Gasteiger partial charge is 0.416 e. The van der Waals surface area contributed by atoms with Gasteiger partial charge < -0.3 is 9.90 Å². The average Bonchev–Trinajstić information content (AvgIpc) is 2.82. The van der Waals surface area contributed by atoms with Crippen molar-refractivity contribution >= 4 is 12.3 Å². The molecule has 2 unspecified atom stereocenters. The Balaban J connectivity index is 2.36. The molecule has 5 nitrogen and oxygen atoms in total. The number of aliphatic carboxylic acids is 1. The lowest BCUT2D eigenvalue weighted by atomic mass is 10.0. The second-order valence-corrected chi connectivity index (χ2v) is 8.64. The SMILES string of the molecule is CCCN(CCN(CCC)C(C(=O)O)c1cccc(C(F)(F)F)c1)C(C=O)c1cccc(C(F)(F)F)c1. The van der Waals surface area contributed by atoms with E-state index < -0.39 is 41.5 Å². The standard InChI is InChI=1S/C26H30F6N2O3/c1-3-11-33(22(17-35)18-7-5-9-20(15-18)25(27,28)29)13-14-34(12-4-2)23(24(36)37)19-8-6-10-21(16-19)26(30,31)32/h5-10,15-17,22-23H,3-4,11-14H2,1-2H3,(H,36,37). The first-order valence-electron chi connectivity index (χ1n) is 11.8. The van der Waals surface area contributed by atoms with E-state index in [-0.39, 0.29) is 30.8 Å². The van der Waals surface area contributed by atoms with E-state index in [4.69, 9.17) is 0 Å². The first-order chi connectivity index (χ1) is 17.3. The Labute approximate surface area is 211 Å². The maximum Gasteiger partial charge on any atom is 0.416 e. The summed E-state index contributed by atoms with van der Waals surface area (Å²) in [6, 6.07) is 6.20. The Kier molecular flexibility index (Phi) is 10.7. The van der Waals surface area contributed by atoms with E-state index in [1.807, 2.05) is 6.92 Å². The summed E-state index contributed by atoms with van der Waals surface area (Å²) in [7, 11) is 0. The summed E-state index contributed by atoms with van der Waals surface area (Å²) in [5, 5.41) is 9.93. The third kappa shape index (κ3) is 8.29. The fourth-order valence-corrected chi connectivity index (χ4v) is 4.26. The van der Waals surface area contributed by atoms with E-state index in [1.54, 1.807) is 11.8 Å². The summed E-state index contributed by atoms with van der Waals surface area (Å²) < 4.78 is 79.4. The maximum absolute atomic E-state index is 13.2. The van der Waals surface area contributed by atoms with Gasteiger partial charge in [-0.05, 0) is 61.3 Å². The zero-order valence-corrected chi connectivity index (χ0v) is 20.5. The number of nitrogens with zero attached hydrogens (tertiary/aromatic N) is 2. The third-order valence-electron chi connectivity index (χ3n) is 5.90. The van der Waals surface area contributed by atoms with Gasteiger partial charge in [-0.2, -0.15) is 26.3 Å². The molecule has 0 aliphatic carbocycles. The predicted octanol–water partition coefficient (Wildman–Crippen LogP) is 6.21. The minimum atomic E-state index is -4.64. The quantitative estimate of drug-likeness (QED) is 0.245. The number of hydrogen-bond acceptors (Lipinski definition) is 4. The van der Waals surface area contributed by atoms with Gasteiger partial charge in [-0.1, -0.05) is 38.1 Å². The van der Waals surface area contributed by atoms with E-state index in [9.17, 15) is 41.0 Å². The molecule has 0 aromatic heterocycles. The molecule has 0 radical (unpaired) electrons. The number of aldehydes is 1. The Hall–Kier alpha value is -2.92. The van der Waals surface area contributed by atoms with Gasteiger partial charge in [0.25, 0.3) is 0 Å². The number of halogens is 6. The monoisotopic (exact) mass is 532 g/mol. The lowest BCUT2D eigenvalue weighted by molar-refractivity contribution is -0.144. The van der Waals surface area contributed by atoms with Gasteiger partial charge in [0.05, 0.1) is 17.2 Å². The molecule has 2 rings (SSSR count). The fraction of sp³-hybridized carbons (Fsp3) is 0.462. The second kappa shape index (κ2) is 13.0. The summed E-state index contributed by atoms with van der Waals surface area (Å²) in [5.74, 6) is -1.33. The van der Waals surface area contributed by atoms with Crippen molar-refractivity contribution in [1.82, 2.24) is 9.80 Å². The van der Waals surface area contributed by atoms with Crippen LogP contribution in [0.1, 0.15) is 61.0 Å². The Bertz CT molecular complexity index is 1040. The molecule has 2 aromatic rings. The molecule has 0 amide bonds. The second-order valence-electron chi connectivity index (χ2n) is 8.64. The van der Waals surface area contributed by atoms with E-state index >= 15 is 0 Å². The number of hydrogen-bond donors (Lipinski definition) is 1. The Morgan fingerprint density at radius 2 is 1.27 bits per heavy atom. The molecule has 0 fully saturated rings. The van der Waals surface area contributed by atoms with E-state index in [2.05, 4.69) is 0 Å². The summed E-state index contributed by atoms with van der Waals surface area (Å²) >= 11 is 0. The van der Waals surface area contributed by atoms with Crippen LogP contribution in [0.15, 0.2) is 48.5 Å². The minimum Gasteiger partial charge on any atom is -0.480 e. The van der Waals surface area contributed by atoms with Gasteiger partial charge >= 0.3 is 18.3 Å². The number of benzene rings is 2. The van der Waals surface area contributed by atoms with Crippen molar-refractivity contribution in [2.75, 3.05) is 26.2 Å². The van der Waals surface area contributed by atoms with Crippen LogP contribution in [0.3, 0.4) is 0 Å². The molecule has 2 aromatic carbocycles. The summed E-state index contributed by atoms with van der Waals surface area (Å²) in [5.41, 5.74) is -1.75. The number of alkyl halides is 6. The van der Waals surface area contributed by atoms with Crippen molar-refractivity contribution in [3.8, 4) is 0 Å². The summed E-state index contributed by atoms with van der Waals surface area (Å²) in [4.78, 5) is 27.4. The zero-order valence-electron chi connectivity index (χ0n) is 20.5. The van der Waals surface area contributed by atoms with Gasteiger partial charge in [0.1, 0.15) is 12.3 Å². The Morgan fingerprint density at radius 1 is 0.811 bits per heavy atom. The highest BCUT2D eigenvalue weighted by molar-refractivity contribution is 5.75. The third-order valence-corrected chi connectivity index (χ3v) is 5.90. The highest BCUT2D eigenvalue weighted by atomic mass is 19.4. The van der Waals surface area contributed by atoms with Gasteiger partial charge in [0.15, 0.2) is 0 Å². The van der Waals surface area contributed by atoms with E-state index in [0.717, 1.165) is 30.3 Å². The van der Waals surface area contributed by atoms with Gasteiger partial charge in [0.2, 0.25) is 0 Å². The van der Waals surface area contributed by atoms with E-state index in [0.29, 0.717) is 25.7 Å². The minimum absolute atomic E-state index is 0.0392. The van der Waals surface area contributed by atoms with E-state index in [1.165, 1.54) is 23.1 Å². The molecule has 0 spiro atoms. The number of carbonyl (C=O) groups is 2. The first kappa shape index (κ1) is 30.3. The maximum atomic E-state index is 13.2. The normalized spacial score (nSPS) is 14.1. The molecular weight excluding hydrogens is 502 g/mol. The van der Waals surface area contributed by atoms with Crippen molar-refractivity contribution in [2.24, 2.45) is 0 Å². The summed E-state index contributed by atoms with van der Waals surface area (Å²) in [6.07, 6.45) is -7.63. The van der Waals surface area contributed by atoms with Crippen molar-refractivity contribution in [2.45, 2.75) is 51.1 Å². The van der Waals surface area contributed by atoms with Gasteiger partial charge in [-0.3, -0.25) is 14.6 Å². The van der Waals surface area contributed by atoms with Crippen molar-refractivity contribution in [3.05, 3.63) is 70.8 Å². The average molecular weight is 533 g/mol. The molecule has 0 bridgehead atoms. The van der Waals surface area contributed by atoms with Crippen LogP contribution in [0.2, 0.25) is 0 Å². The largest absolute Gasteiger partial charge is 0.480 e. The fourth-order valence-electron chi connectivity index (χ4n) is 4.26. The first-order valence-corrected chi connectivity index (χ1v) is 11.8. The molecule has 0 saturated carbocycles. The van der Waals surface area contributed by atoms with Crippen LogP contribution in [0.4, 0.5) is 26.3 Å². The number of carboxylic acids is 1. The van der Waals surface area contributed by atoms with Crippen LogP contribution >= 0.6 is 0 Å². The summed E-state index contributed by atoms with van der Waals surface area (Å²) in [6.45, 7) is 4.36. The van der Waals surface area contributed by atoms with Crippen LogP contribution in [-0.4, -0.2) is 53.3 Å². The molecule has 204 valence electrons. The highest BCUT2D eigenvalue weighted by Gasteiger charge is 2.34. The topological polar surface area (TPSA) is 60.9 Å². The Morgan fingerprint density at radius 3 is 1.73 bits per heavy atom. The molecule has 1 N–H and O–H groups in total. The molecule has 0 aliphatic heterocycles. The molecule has 0 heterocycles. The number of rotatable bonds is 13. The van der Waals surface area contributed by atoms with Crippen LogP contribution in [-0.2, 0) is 21.9 Å². The highest BCUT2D eigenvalue weighted by Crippen LogP contribution is 2.33. The van der Waals surface area contributed by atoms with Gasteiger partial charge in [0, 0.05) is 13.1 Å². The lowest BCUT2D eigenvalue weighted by Crippen LogP contribution is -2.42. The van der Waals surface area contributed by atoms with Crippen LogP contribution in [0.25, 0.3) is 0 Å². The molecule has 2 atom stereocenters. The molecule has 0 saturated heterocycles. The molecule has 0 aliphatic rings. The van der Waals surface area contributed by atoms with Crippen LogP contribution in [0.5, 0.6) is 0 Å². The lowest BCUT2D eigenvalue weighted by Gasteiger charge is -2.34. The number of carboxylic acid groups (broad SMARTS) is 1. The van der Waals surface area contributed by atoms with Gasteiger partial charge in [-0.25, -0.2) is 0 Å². The number of carbonyl (C=O) groups excluding carboxylic acids is 1. The van der Waals surface area contributed by atoms with Crippen molar-refractivity contribution in [3.63, 3.8) is 0 Å². The van der Waals surface area contributed by atoms with Crippen LogP contribution < -0.4 is 0 Å². The van der Waals surface area contributed by atoms with Crippen molar-refractivity contribution < 1.29 is 41.0 Å². The van der Waals surface area contributed by atoms with Gasteiger partial charge in [-0.15, -0.1) is 0 Å². The van der Waals surface area contributed by atoms with Crippen molar-refractivity contribution in [1.29, 1.82) is 0 Å². The zero-order chi connectivity index (χ0) is 27.8. The molecule has 37 heavy (non-hydrogen) atoms. The molecule has 11 heteroatoms. The van der Waals surface area contributed by atoms with Crippen LogP contribution in [0, 0.1) is 0 Å². The molecular formula is C26H30F6N2O3.